The molecular formula is C20H20ClN3O5S. The van der Waals surface area contributed by atoms with Gasteiger partial charge in [-0.1, -0.05) is 17.7 Å². The summed E-state index contributed by atoms with van der Waals surface area (Å²) in [6.07, 6.45) is 1.48. The number of nitrogens with one attached hydrogen (secondary N) is 2. The Morgan fingerprint density at radius 3 is 2.80 bits per heavy atom. The van der Waals surface area contributed by atoms with Crippen LogP contribution >= 0.6 is 11.6 Å². The number of hydrogen-bond donors (Lipinski definition) is 2. The Morgan fingerprint density at radius 2 is 2.00 bits per heavy atom. The topological polar surface area (TPSA) is 106 Å². The summed E-state index contributed by atoms with van der Waals surface area (Å²) in [7, 11) is -3.76. The van der Waals surface area contributed by atoms with Crippen molar-refractivity contribution in [3.8, 4) is 11.5 Å². The van der Waals surface area contributed by atoms with Crippen LogP contribution in [-0.4, -0.2) is 39.9 Å². The number of halogens is 1. The molecule has 2 aliphatic heterocycles. The summed E-state index contributed by atoms with van der Waals surface area (Å²) in [5.74, 6) is 1.13. The van der Waals surface area contributed by atoms with Gasteiger partial charge in [-0.05, 0) is 42.3 Å². The van der Waals surface area contributed by atoms with Crippen LogP contribution in [0.2, 0.25) is 5.02 Å². The average Bonchev–Trinajstić information content (AvgIpc) is 3.20. The van der Waals surface area contributed by atoms with Crippen molar-refractivity contribution in [1.82, 2.24) is 4.72 Å². The fraction of sp³-hybridized carbons (Fsp3) is 0.300. The summed E-state index contributed by atoms with van der Waals surface area (Å²) >= 11 is 6.21. The van der Waals surface area contributed by atoms with E-state index in [9.17, 15) is 13.2 Å². The van der Waals surface area contributed by atoms with Gasteiger partial charge < -0.3 is 14.8 Å². The van der Waals surface area contributed by atoms with Crippen LogP contribution in [0.25, 0.3) is 0 Å². The number of carbonyl (C=O) groups excluding carboxylic acids is 1. The third-order valence-electron chi connectivity index (χ3n) is 4.58. The molecule has 0 saturated heterocycles. The number of anilines is 1. The molecule has 2 aliphatic rings. The third-order valence-corrected chi connectivity index (χ3v) is 6.24. The van der Waals surface area contributed by atoms with Crippen molar-refractivity contribution in [1.29, 1.82) is 0 Å². The third kappa shape index (κ3) is 4.68. The van der Waals surface area contributed by atoms with Crippen LogP contribution in [0.5, 0.6) is 11.5 Å². The highest BCUT2D eigenvalue weighted by Gasteiger charge is 2.20. The normalized spacial score (nSPS) is 15.4. The maximum absolute atomic E-state index is 12.5. The van der Waals surface area contributed by atoms with Gasteiger partial charge >= 0.3 is 0 Å². The molecule has 0 radical (unpaired) electrons. The van der Waals surface area contributed by atoms with Gasteiger partial charge in [0.15, 0.2) is 11.5 Å². The van der Waals surface area contributed by atoms with E-state index in [1.165, 1.54) is 12.1 Å². The molecule has 0 saturated carbocycles. The predicted octanol–water partition coefficient (Wildman–Crippen LogP) is 2.76. The molecule has 2 N–H and O–H groups in total. The number of amides is 1. The maximum atomic E-state index is 12.5. The molecule has 2 aromatic rings. The van der Waals surface area contributed by atoms with Crippen LogP contribution in [-0.2, 0) is 21.2 Å². The number of aliphatic imine (C=N–C) groups is 1. The minimum absolute atomic E-state index is 0.0440. The van der Waals surface area contributed by atoms with E-state index in [1.54, 1.807) is 24.3 Å². The van der Waals surface area contributed by atoms with Crippen molar-refractivity contribution >= 4 is 39.1 Å². The molecule has 30 heavy (non-hydrogen) atoms. The van der Waals surface area contributed by atoms with E-state index in [2.05, 4.69) is 15.0 Å². The summed E-state index contributed by atoms with van der Waals surface area (Å²) in [4.78, 5) is 16.7. The smallest absolute Gasteiger partial charge is 0.262 e. The summed E-state index contributed by atoms with van der Waals surface area (Å²) in [5, 5.41) is 3.10. The average molecular weight is 450 g/mol. The Labute approximate surface area is 179 Å². The predicted molar refractivity (Wildman–Crippen MR) is 113 cm³/mol. The molecule has 1 amide bonds. The fourth-order valence-electron chi connectivity index (χ4n) is 3.23. The Kier molecular flexibility index (Phi) is 5.83. The lowest BCUT2D eigenvalue weighted by Crippen LogP contribution is -2.29. The van der Waals surface area contributed by atoms with Crippen molar-refractivity contribution < 1.29 is 22.7 Å². The Balaban J connectivity index is 1.45. The van der Waals surface area contributed by atoms with Crippen molar-refractivity contribution in [3.63, 3.8) is 0 Å². The molecule has 4 rings (SSSR count). The van der Waals surface area contributed by atoms with Crippen LogP contribution in [0, 0.1) is 0 Å². The van der Waals surface area contributed by atoms with Gasteiger partial charge in [-0.3, -0.25) is 14.5 Å². The molecule has 8 nitrogen and oxygen atoms in total. The summed E-state index contributed by atoms with van der Waals surface area (Å²) in [6.45, 7) is 1.46. The van der Waals surface area contributed by atoms with Crippen LogP contribution in [0.3, 0.4) is 0 Å². The van der Waals surface area contributed by atoms with E-state index < -0.39 is 10.0 Å². The Bertz CT molecular complexity index is 1120. The molecule has 0 fully saturated rings. The second kappa shape index (κ2) is 8.53. The molecule has 158 valence electrons. The van der Waals surface area contributed by atoms with Gasteiger partial charge in [0.2, 0.25) is 5.91 Å². The Morgan fingerprint density at radius 1 is 1.17 bits per heavy atom. The monoisotopic (exact) mass is 449 g/mol. The number of fused-ring (bicyclic) bond motifs is 1. The standard InChI is InChI=1S/C20H20ClN3O5S/c21-16-9-13(10-17-20(16)29-8-7-28-17)11-19(25)23-14-3-1-4-15(12-14)30(26,27)24-18-5-2-6-22-18/h1,3-4,9-10,12H,2,5-8,11H2,(H,22,24)(H,23,25). The first-order valence-electron chi connectivity index (χ1n) is 9.45. The minimum Gasteiger partial charge on any atom is -0.486 e. The zero-order valence-corrected chi connectivity index (χ0v) is 17.6. The van der Waals surface area contributed by atoms with Gasteiger partial charge in [0.05, 0.1) is 16.3 Å². The molecular weight excluding hydrogens is 430 g/mol. The molecule has 2 aromatic carbocycles. The molecule has 0 spiro atoms. The number of hydrogen-bond acceptors (Lipinski definition) is 6. The fourth-order valence-corrected chi connectivity index (χ4v) is 4.66. The van der Waals surface area contributed by atoms with Gasteiger partial charge in [-0.15, -0.1) is 0 Å². The number of sulfonamides is 1. The minimum atomic E-state index is -3.76. The zero-order chi connectivity index (χ0) is 21.1. The largest absolute Gasteiger partial charge is 0.486 e. The van der Waals surface area contributed by atoms with Crippen molar-refractivity contribution in [2.75, 3.05) is 25.1 Å². The molecule has 0 unspecified atom stereocenters. The number of nitrogens with zero attached hydrogens (tertiary/aromatic N) is 1. The van der Waals surface area contributed by atoms with Crippen molar-refractivity contribution in [2.45, 2.75) is 24.2 Å². The lowest BCUT2D eigenvalue weighted by molar-refractivity contribution is -0.115. The van der Waals surface area contributed by atoms with Crippen molar-refractivity contribution in [3.05, 3.63) is 47.0 Å². The Hall–Kier alpha value is -2.78. The van der Waals surface area contributed by atoms with Crippen LogP contribution in [0.1, 0.15) is 18.4 Å². The molecule has 2 heterocycles. The first kappa shape index (κ1) is 20.5. The van der Waals surface area contributed by atoms with Gasteiger partial charge in [-0.2, -0.15) is 0 Å². The van der Waals surface area contributed by atoms with Gasteiger partial charge in [0, 0.05) is 18.7 Å². The van der Waals surface area contributed by atoms with Crippen molar-refractivity contribution in [2.24, 2.45) is 4.99 Å². The van der Waals surface area contributed by atoms with E-state index in [0.717, 1.165) is 6.42 Å². The van der Waals surface area contributed by atoms with Crippen LogP contribution < -0.4 is 19.5 Å². The number of amidine groups is 1. The highest BCUT2D eigenvalue weighted by atomic mass is 35.5. The van der Waals surface area contributed by atoms with E-state index in [-0.39, 0.29) is 17.2 Å². The first-order valence-corrected chi connectivity index (χ1v) is 11.3. The van der Waals surface area contributed by atoms with Gasteiger partial charge in [-0.25, -0.2) is 8.42 Å². The molecule has 0 aromatic heterocycles. The summed E-state index contributed by atoms with van der Waals surface area (Å²) < 4.78 is 38.6. The van der Waals surface area contributed by atoms with E-state index >= 15 is 0 Å². The zero-order valence-electron chi connectivity index (χ0n) is 16.0. The van der Waals surface area contributed by atoms with Crippen LogP contribution in [0.4, 0.5) is 5.69 Å². The number of ether oxygens (including phenoxy) is 2. The first-order chi connectivity index (χ1) is 14.4. The second-order valence-electron chi connectivity index (χ2n) is 6.89. The highest BCUT2D eigenvalue weighted by molar-refractivity contribution is 7.90. The lowest BCUT2D eigenvalue weighted by atomic mass is 10.1. The molecule has 0 aliphatic carbocycles. The summed E-state index contributed by atoms with van der Waals surface area (Å²) in [6, 6.07) is 9.44. The second-order valence-corrected chi connectivity index (χ2v) is 8.98. The van der Waals surface area contributed by atoms with Gasteiger partial charge in [0.25, 0.3) is 10.0 Å². The summed E-state index contributed by atoms with van der Waals surface area (Å²) in [5.41, 5.74) is 1.03. The lowest BCUT2D eigenvalue weighted by Gasteiger charge is -2.20. The van der Waals surface area contributed by atoms with E-state index in [1.807, 2.05) is 0 Å². The number of rotatable bonds is 5. The number of benzene rings is 2. The quantitative estimate of drug-likeness (QED) is 0.730. The van der Waals surface area contributed by atoms with E-state index in [4.69, 9.17) is 21.1 Å². The number of carbonyl (C=O) groups is 1. The van der Waals surface area contributed by atoms with E-state index in [0.29, 0.717) is 59.8 Å². The molecule has 0 bridgehead atoms. The highest BCUT2D eigenvalue weighted by Crippen LogP contribution is 2.38. The molecule has 0 atom stereocenters. The molecule has 10 heteroatoms. The SMILES string of the molecule is O=C(Cc1cc(Cl)c2c(c1)OCCO2)Nc1cccc(S(=O)(=O)NC2=NCCC2)c1. The maximum Gasteiger partial charge on any atom is 0.262 e. The van der Waals surface area contributed by atoms with Crippen LogP contribution in [0.15, 0.2) is 46.3 Å². The van der Waals surface area contributed by atoms with Gasteiger partial charge in [0.1, 0.15) is 19.0 Å².